The van der Waals surface area contributed by atoms with Gasteiger partial charge in [-0.1, -0.05) is 41.6 Å². The van der Waals surface area contributed by atoms with Gasteiger partial charge in [0.2, 0.25) is 0 Å². The molecule has 2 aromatic rings. The fourth-order valence-corrected chi connectivity index (χ4v) is 2.50. The van der Waals surface area contributed by atoms with E-state index in [4.69, 9.17) is 5.21 Å². The second-order valence-electron chi connectivity index (χ2n) is 4.86. The lowest BCUT2D eigenvalue weighted by Crippen LogP contribution is -2.14. The van der Waals surface area contributed by atoms with Crippen molar-refractivity contribution < 1.29 is 5.21 Å². The summed E-state index contributed by atoms with van der Waals surface area (Å²) in [5.41, 5.74) is 5.53. The molecule has 0 unspecified atom stereocenters. The quantitative estimate of drug-likeness (QED) is 0.505. The highest BCUT2D eigenvalue weighted by Gasteiger charge is 2.18. The van der Waals surface area contributed by atoms with Gasteiger partial charge in [-0.15, -0.1) is 0 Å². The number of fused-ring (bicyclic) bond motifs is 1. The minimum Gasteiger partial charge on any atom is -0.411 e. The van der Waals surface area contributed by atoms with Crippen LogP contribution < -0.4 is 4.90 Å². The maximum absolute atomic E-state index is 8.86. The van der Waals surface area contributed by atoms with Crippen LogP contribution in [0, 0.1) is 0 Å². The number of nitrogens with zero attached hydrogens (tertiary/aromatic N) is 2. The molecule has 0 spiro atoms. The average Bonchev–Trinajstić information content (AvgIpc) is 2.90. The minimum atomic E-state index is 0.638. The fraction of sp³-hybridized carbons (Fsp3) is 0.188. The predicted molar refractivity (Wildman–Crippen MR) is 76.8 cm³/mol. The third kappa shape index (κ3) is 2.19. The monoisotopic (exact) mass is 252 g/mol. The molecule has 0 saturated carbocycles. The summed E-state index contributed by atoms with van der Waals surface area (Å²) in [6.07, 6.45) is 0. The molecular weight excluding hydrogens is 236 g/mol. The SMILES string of the molecule is C/C(=N\O)c1cccc(N2Cc3ccccc3C2)c1. The molecule has 0 aliphatic carbocycles. The first kappa shape index (κ1) is 11.8. The molecule has 1 aliphatic heterocycles. The Bertz CT molecular complexity index is 609. The summed E-state index contributed by atoms with van der Waals surface area (Å²) in [6, 6.07) is 16.7. The van der Waals surface area contributed by atoms with Crippen LogP contribution in [0.1, 0.15) is 23.6 Å². The first-order chi connectivity index (χ1) is 9.28. The largest absolute Gasteiger partial charge is 0.411 e. The van der Waals surface area contributed by atoms with Crippen molar-refractivity contribution in [2.45, 2.75) is 20.0 Å². The molecule has 0 radical (unpaired) electrons. The number of hydrogen-bond acceptors (Lipinski definition) is 3. The Labute approximate surface area is 112 Å². The number of anilines is 1. The van der Waals surface area contributed by atoms with Crippen LogP contribution in [0.2, 0.25) is 0 Å². The van der Waals surface area contributed by atoms with Crippen LogP contribution in [0.4, 0.5) is 5.69 Å². The van der Waals surface area contributed by atoms with Crippen molar-refractivity contribution in [1.82, 2.24) is 0 Å². The summed E-state index contributed by atoms with van der Waals surface area (Å²) < 4.78 is 0. The molecule has 0 bridgehead atoms. The molecular formula is C16H16N2O. The van der Waals surface area contributed by atoms with Gasteiger partial charge in [0, 0.05) is 24.3 Å². The van der Waals surface area contributed by atoms with Crippen molar-refractivity contribution in [3.05, 3.63) is 65.2 Å². The molecule has 0 atom stereocenters. The third-order valence-electron chi connectivity index (χ3n) is 3.62. The van der Waals surface area contributed by atoms with E-state index in [0.717, 1.165) is 24.3 Å². The number of benzene rings is 2. The smallest absolute Gasteiger partial charge is 0.0837 e. The van der Waals surface area contributed by atoms with E-state index in [1.807, 2.05) is 12.1 Å². The molecule has 3 heteroatoms. The summed E-state index contributed by atoms with van der Waals surface area (Å²) in [6.45, 7) is 3.68. The molecule has 0 fully saturated rings. The summed E-state index contributed by atoms with van der Waals surface area (Å²) in [5.74, 6) is 0. The number of oxime groups is 1. The van der Waals surface area contributed by atoms with Crippen molar-refractivity contribution in [2.75, 3.05) is 4.90 Å². The molecule has 0 aromatic heterocycles. The zero-order valence-corrected chi connectivity index (χ0v) is 10.9. The van der Waals surface area contributed by atoms with Crippen LogP contribution >= 0.6 is 0 Å². The molecule has 96 valence electrons. The van der Waals surface area contributed by atoms with Crippen molar-refractivity contribution in [3.8, 4) is 0 Å². The van der Waals surface area contributed by atoms with Crippen LogP contribution in [0.15, 0.2) is 53.7 Å². The molecule has 2 aromatic carbocycles. The highest BCUT2D eigenvalue weighted by Crippen LogP contribution is 2.28. The normalized spacial score (nSPS) is 14.6. The van der Waals surface area contributed by atoms with Gasteiger partial charge in [-0.25, -0.2) is 0 Å². The molecule has 1 heterocycles. The number of rotatable bonds is 2. The second-order valence-corrected chi connectivity index (χ2v) is 4.86. The van der Waals surface area contributed by atoms with Crippen LogP contribution in [0.3, 0.4) is 0 Å². The van der Waals surface area contributed by atoms with Crippen molar-refractivity contribution in [2.24, 2.45) is 5.16 Å². The Hall–Kier alpha value is -2.29. The summed E-state index contributed by atoms with van der Waals surface area (Å²) in [5, 5.41) is 12.1. The lowest BCUT2D eigenvalue weighted by atomic mass is 10.1. The standard InChI is InChI=1S/C16H16N2O/c1-12(17-19)13-7-4-8-16(9-13)18-10-14-5-2-3-6-15(14)11-18/h2-9,19H,10-11H2,1H3/b17-12+. The molecule has 1 N–H and O–H groups in total. The fourth-order valence-electron chi connectivity index (χ4n) is 2.50. The third-order valence-corrected chi connectivity index (χ3v) is 3.62. The molecule has 0 saturated heterocycles. The van der Waals surface area contributed by atoms with Gasteiger partial charge >= 0.3 is 0 Å². The zero-order chi connectivity index (χ0) is 13.2. The van der Waals surface area contributed by atoms with Gasteiger partial charge in [-0.2, -0.15) is 0 Å². The summed E-state index contributed by atoms with van der Waals surface area (Å²) in [7, 11) is 0. The molecule has 19 heavy (non-hydrogen) atoms. The first-order valence-corrected chi connectivity index (χ1v) is 6.39. The van der Waals surface area contributed by atoms with E-state index < -0.39 is 0 Å². The summed E-state index contributed by atoms with van der Waals surface area (Å²) in [4.78, 5) is 2.33. The second kappa shape index (κ2) is 4.76. The van der Waals surface area contributed by atoms with Crippen molar-refractivity contribution in [3.63, 3.8) is 0 Å². The van der Waals surface area contributed by atoms with Crippen LogP contribution in [-0.4, -0.2) is 10.9 Å². The van der Waals surface area contributed by atoms with E-state index in [0.29, 0.717) is 5.71 Å². The van der Waals surface area contributed by atoms with Gasteiger partial charge in [0.05, 0.1) is 5.71 Å². The van der Waals surface area contributed by atoms with Crippen LogP contribution in [0.5, 0.6) is 0 Å². The van der Waals surface area contributed by atoms with E-state index in [1.165, 1.54) is 11.1 Å². The van der Waals surface area contributed by atoms with E-state index in [2.05, 4.69) is 46.5 Å². The van der Waals surface area contributed by atoms with Gasteiger partial charge in [0.15, 0.2) is 0 Å². The van der Waals surface area contributed by atoms with Crippen molar-refractivity contribution >= 4 is 11.4 Å². The highest BCUT2D eigenvalue weighted by atomic mass is 16.4. The minimum absolute atomic E-state index is 0.638. The predicted octanol–water partition coefficient (Wildman–Crippen LogP) is 3.41. The van der Waals surface area contributed by atoms with Crippen molar-refractivity contribution in [1.29, 1.82) is 0 Å². The molecule has 0 amide bonds. The van der Waals surface area contributed by atoms with Crippen LogP contribution in [0.25, 0.3) is 0 Å². The lowest BCUT2D eigenvalue weighted by molar-refractivity contribution is 0.319. The highest BCUT2D eigenvalue weighted by molar-refractivity contribution is 5.99. The van der Waals surface area contributed by atoms with E-state index >= 15 is 0 Å². The maximum Gasteiger partial charge on any atom is 0.0837 e. The lowest BCUT2D eigenvalue weighted by Gasteiger charge is -2.18. The maximum atomic E-state index is 8.86. The van der Waals surface area contributed by atoms with Gasteiger partial charge in [0.1, 0.15) is 0 Å². The Kier molecular flexibility index (Phi) is 2.95. The Morgan fingerprint density at radius 1 is 1.05 bits per heavy atom. The molecule has 3 nitrogen and oxygen atoms in total. The molecule has 3 rings (SSSR count). The molecule has 1 aliphatic rings. The average molecular weight is 252 g/mol. The van der Waals surface area contributed by atoms with Crippen LogP contribution in [-0.2, 0) is 13.1 Å². The van der Waals surface area contributed by atoms with E-state index in [9.17, 15) is 0 Å². The van der Waals surface area contributed by atoms with E-state index in [1.54, 1.807) is 6.92 Å². The zero-order valence-electron chi connectivity index (χ0n) is 10.9. The van der Waals surface area contributed by atoms with Gasteiger partial charge in [-0.3, -0.25) is 0 Å². The topological polar surface area (TPSA) is 35.8 Å². The first-order valence-electron chi connectivity index (χ1n) is 6.39. The summed E-state index contributed by atoms with van der Waals surface area (Å²) >= 11 is 0. The van der Waals surface area contributed by atoms with Gasteiger partial charge in [-0.05, 0) is 30.2 Å². The number of hydrogen-bond donors (Lipinski definition) is 1. The van der Waals surface area contributed by atoms with Gasteiger partial charge in [0.25, 0.3) is 0 Å². The Balaban J connectivity index is 1.89. The Morgan fingerprint density at radius 3 is 2.37 bits per heavy atom. The van der Waals surface area contributed by atoms with Gasteiger partial charge < -0.3 is 10.1 Å². The van der Waals surface area contributed by atoms with E-state index in [-0.39, 0.29) is 0 Å². The Morgan fingerprint density at radius 2 is 1.74 bits per heavy atom.